The molecule has 0 heterocycles. The van der Waals surface area contributed by atoms with Crippen molar-refractivity contribution >= 4 is 21.7 Å². The van der Waals surface area contributed by atoms with Crippen LogP contribution < -0.4 is 5.32 Å². The monoisotopic (exact) mass is 297 g/mol. The highest BCUT2D eigenvalue weighted by atomic mass is 32.2. The molecule has 0 spiro atoms. The van der Waals surface area contributed by atoms with Gasteiger partial charge in [0.05, 0.1) is 4.90 Å². The van der Waals surface area contributed by atoms with Crippen LogP contribution in [-0.4, -0.2) is 30.9 Å². The molecule has 6 nitrogen and oxygen atoms in total. The number of carboxylic acids is 1. The number of sulfone groups is 1. The van der Waals surface area contributed by atoms with Crippen molar-refractivity contribution < 1.29 is 23.1 Å². The Balaban J connectivity index is 2.83. The molecule has 108 valence electrons. The predicted octanol–water partition coefficient (Wildman–Crippen LogP) is 0.953. The number of carbonyl (C=O) groups excluding carboxylic acids is 1. The summed E-state index contributed by atoms with van der Waals surface area (Å²) in [6, 6.07) is 7.60. The Morgan fingerprint density at radius 2 is 1.75 bits per heavy atom. The number of carboxylic acid groups (broad SMARTS) is 1. The lowest BCUT2D eigenvalue weighted by molar-refractivity contribution is -0.145. The predicted molar refractivity (Wildman–Crippen MR) is 72.6 cm³/mol. The number of nitrogens with one attached hydrogen (secondary N) is 1. The number of hydrogen-bond donors (Lipinski definition) is 2. The number of amides is 1. The van der Waals surface area contributed by atoms with Crippen molar-refractivity contribution in [2.24, 2.45) is 0 Å². The minimum absolute atomic E-state index is 0.0570. The maximum Gasteiger partial charge on any atom is 0.328 e. The maximum absolute atomic E-state index is 11.9. The standard InChI is InChI=1S/C13H15NO5S/c1-13(2,12(16)17)14-11(15)8-9-20(18,19)10-6-4-3-5-7-10/h3-9H,1-2H3,(H,14,15)(H,16,17). The lowest BCUT2D eigenvalue weighted by atomic mass is 10.1. The Bertz CT molecular complexity index is 632. The van der Waals surface area contributed by atoms with Gasteiger partial charge in [0.1, 0.15) is 5.54 Å². The second-order valence-electron chi connectivity index (χ2n) is 4.58. The van der Waals surface area contributed by atoms with E-state index in [4.69, 9.17) is 5.11 Å². The molecule has 1 aromatic carbocycles. The highest BCUT2D eigenvalue weighted by Crippen LogP contribution is 2.11. The molecule has 0 radical (unpaired) electrons. The number of benzene rings is 1. The Labute approximate surface area is 117 Å². The SMILES string of the molecule is CC(C)(NC(=O)C=CS(=O)(=O)c1ccccc1)C(=O)O. The summed E-state index contributed by atoms with van der Waals surface area (Å²) in [5, 5.41) is 11.8. The summed E-state index contributed by atoms with van der Waals surface area (Å²) < 4.78 is 23.7. The fraction of sp³-hybridized carbons (Fsp3) is 0.231. The third kappa shape index (κ3) is 4.20. The Hall–Kier alpha value is -2.15. The van der Waals surface area contributed by atoms with E-state index in [1.807, 2.05) is 0 Å². The van der Waals surface area contributed by atoms with Crippen molar-refractivity contribution in [2.45, 2.75) is 24.3 Å². The fourth-order valence-corrected chi connectivity index (χ4v) is 2.24. The van der Waals surface area contributed by atoms with E-state index in [0.717, 1.165) is 11.5 Å². The highest BCUT2D eigenvalue weighted by molar-refractivity contribution is 7.94. The van der Waals surface area contributed by atoms with Crippen LogP contribution in [0.1, 0.15) is 13.8 Å². The van der Waals surface area contributed by atoms with Crippen molar-refractivity contribution in [3.8, 4) is 0 Å². The summed E-state index contributed by atoms with van der Waals surface area (Å²) in [5.41, 5.74) is -1.47. The summed E-state index contributed by atoms with van der Waals surface area (Å²) in [5.74, 6) is -2.01. The number of aliphatic carboxylic acids is 1. The molecule has 0 aliphatic carbocycles. The summed E-state index contributed by atoms with van der Waals surface area (Å²) in [7, 11) is -3.72. The van der Waals surface area contributed by atoms with E-state index < -0.39 is 27.3 Å². The van der Waals surface area contributed by atoms with Gasteiger partial charge < -0.3 is 10.4 Å². The van der Waals surface area contributed by atoms with Crippen LogP contribution in [-0.2, 0) is 19.4 Å². The summed E-state index contributed by atoms with van der Waals surface area (Å²) >= 11 is 0. The quantitative estimate of drug-likeness (QED) is 0.788. The highest BCUT2D eigenvalue weighted by Gasteiger charge is 2.28. The van der Waals surface area contributed by atoms with Gasteiger partial charge in [-0.3, -0.25) is 4.79 Å². The molecule has 0 aliphatic heterocycles. The molecule has 0 fully saturated rings. The van der Waals surface area contributed by atoms with Gasteiger partial charge in [-0.25, -0.2) is 13.2 Å². The zero-order valence-corrected chi connectivity index (χ0v) is 11.8. The summed E-state index contributed by atoms with van der Waals surface area (Å²) in [4.78, 5) is 22.4. The molecule has 1 amide bonds. The first kappa shape index (κ1) is 15.9. The van der Waals surface area contributed by atoms with E-state index in [0.29, 0.717) is 0 Å². The molecule has 0 saturated heterocycles. The van der Waals surface area contributed by atoms with Gasteiger partial charge >= 0.3 is 5.97 Å². The normalized spacial score (nSPS) is 12.3. The Kier molecular flexibility index (Phi) is 4.67. The number of rotatable bonds is 5. The third-order valence-corrected chi connectivity index (χ3v) is 3.86. The van der Waals surface area contributed by atoms with E-state index in [-0.39, 0.29) is 4.90 Å². The smallest absolute Gasteiger partial charge is 0.328 e. The van der Waals surface area contributed by atoms with Crippen LogP contribution in [0.3, 0.4) is 0 Å². The first-order valence-corrected chi connectivity index (χ1v) is 7.23. The van der Waals surface area contributed by atoms with Gasteiger partial charge in [-0.2, -0.15) is 0 Å². The zero-order valence-electron chi connectivity index (χ0n) is 11.0. The first-order chi connectivity index (χ1) is 9.15. The minimum atomic E-state index is -3.72. The largest absolute Gasteiger partial charge is 0.480 e. The Morgan fingerprint density at radius 3 is 2.25 bits per heavy atom. The summed E-state index contributed by atoms with van der Waals surface area (Å²) in [6.45, 7) is 2.60. The second kappa shape index (κ2) is 5.87. The molecular weight excluding hydrogens is 282 g/mol. The van der Waals surface area contributed by atoms with E-state index in [1.165, 1.54) is 26.0 Å². The van der Waals surface area contributed by atoms with Crippen LogP contribution in [0.4, 0.5) is 0 Å². The van der Waals surface area contributed by atoms with E-state index in [2.05, 4.69) is 5.32 Å². The Morgan fingerprint density at radius 1 is 1.20 bits per heavy atom. The molecule has 1 aromatic rings. The average molecular weight is 297 g/mol. The molecular formula is C13H15NO5S. The molecule has 20 heavy (non-hydrogen) atoms. The molecule has 0 unspecified atom stereocenters. The molecule has 1 rings (SSSR count). The van der Waals surface area contributed by atoms with Gasteiger partial charge in [0.2, 0.25) is 5.91 Å². The molecule has 0 aromatic heterocycles. The van der Waals surface area contributed by atoms with Crippen LogP contribution in [0, 0.1) is 0 Å². The van der Waals surface area contributed by atoms with E-state index in [1.54, 1.807) is 18.2 Å². The van der Waals surface area contributed by atoms with Crippen LogP contribution >= 0.6 is 0 Å². The van der Waals surface area contributed by atoms with Crippen LogP contribution in [0.15, 0.2) is 46.7 Å². The fourth-order valence-electron chi connectivity index (χ4n) is 1.24. The lowest BCUT2D eigenvalue weighted by Gasteiger charge is -2.19. The van der Waals surface area contributed by atoms with Crippen molar-refractivity contribution in [1.82, 2.24) is 5.32 Å². The minimum Gasteiger partial charge on any atom is -0.480 e. The topological polar surface area (TPSA) is 101 Å². The van der Waals surface area contributed by atoms with E-state index >= 15 is 0 Å². The van der Waals surface area contributed by atoms with Gasteiger partial charge in [-0.05, 0) is 26.0 Å². The number of carbonyl (C=O) groups is 2. The van der Waals surface area contributed by atoms with Crippen LogP contribution in [0.5, 0.6) is 0 Å². The van der Waals surface area contributed by atoms with Gasteiger partial charge in [-0.1, -0.05) is 18.2 Å². The van der Waals surface area contributed by atoms with Crippen molar-refractivity contribution in [1.29, 1.82) is 0 Å². The van der Waals surface area contributed by atoms with Crippen molar-refractivity contribution in [3.63, 3.8) is 0 Å². The average Bonchev–Trinajstić information content (AvgIpc) is 2.37. The van der Waals surface area contributed by atoms with Gasteiger partial charge in [0.25, 0.3) is 0 Å². The van der Waals surface area contributed by atoms with Crippen LogP contribution in [0.2, 0.25) is 0 Å². The summed E-state index contributed by atoms with van der Waals surface area (Å²) in [6.07, 6.45) is 0.799. The van der Waals surface area contributed by atoms with Crippen molar-refractivity contribution in [2.75, 3.05) is 0 Å². The molecule has 0 saturated carbocycles. The van der Waals surface area contributed by atoms with Gasteiger partial charge in [-0.15, -0.1) is 0 Å². The molecule has 0 aliphatic rings. The molecule has 2 N–H and O–H groups in total. The lowest BCUT2D eigenvalue weighted by Crippen LogP contribution is -2.49. The van der Waals surface area contributed by atoms with Gasteiger partial charge in [0.15, 0.2) is 9.84 Å². The third-order valence-electron chi connectivity index (χ3n) is 2.44. The first-order valence-electron chi connectivity index (χ1n) is 5.69. The van der Waals surface area contributed by atoms with Crippen LogP contribution in [0.25, 0.3) is 0 Å². The number of hydrogen-bond acceptors (Lipinski definition) is 4. The van der Waals surface area contributed by atoms with E-state index in [9.17, 15) is 18.0 Å². The zero-order chi connectivity index (χ0) is 15.4. The van der Waals surface area contributed by atoms with Gasteiger partial charge in [0, 0.05) is 11.5 Å². The molecule has 0 atom stereocenters. The van der Waals surface area contributed by atoms with Crippen molar-refractivity contribution in [3.05, 3.63) is 41.8 Å². The maximum atomic E-state index is 11.9. The molecule has 7 heteroatoms. The second-order valence-corrected chi connectivity index (χ2v) is 6.41. The molecule has 0 bridgehead atoms.